The molecule has 1 amide bonds. The lowest BCUT2D eigenvalue weighted by Crippen LogP contribution is -2.47. The summed E-state index contributed by atoms with van der Waals surface area (Å²) in [6.45, 7) is 14.1. The fourth-order valence-corrected chi connectivity index (χ4v) is 4.44. The van der Waals surface area contributed by atoms with Crippen LogP contribution in [0.5, 0.6) is 0 Å². The molecule has 0 saturated carbocycles. The summed E-state index contributed by atoms with van der Waals surface area (Å²) in [7, 11) is -2.20. The minimum Gasteiger partial charge on any atom is -0.459 e. The van der Waals surface area contributed by atoms with Crippen LogP contribution >= 0.6 is 0 Å². The Labute approximate surface area is 145 Å². The van der Waals surface area contributed by atoms with E-state index in [1.54, 1.807) is 18.7 Å². The molecule has 0 atom stereocenters. The summed E-state index contributed by atoms with van der Waals surface area (Å²) >= 11 is 0. The van der Waals surface area contributed by atoms with Crippen molar-refractivity contribution in [3.8, 4) is 0 Å². The van der Waals surface area contributed by atoms with Crippen molar-refractivity contribution in [3.05, 3.63) is 29.1 Å². The zero-order valence-electron chi connectivity index (χ0n) is 15.7. The Bertz CT molecular complexity index is 619. The number of esters is 1. The minimum atomic E-state index is -2.20. The summed E-state index contributed by atoms with van der Waals surface area (Å²) in [5.74, 6) is -1.32. The Hall–Kier alpha value is -1.69. The van der Waals surface area contributed by atoms with Crippen molar-refractivity contribution in [2.45, 2.75) is 53.4 Å². The van der Waals surface area contributed by atoms with E-state index in [1.165, 1.54) is 12.1 Å². The number of carbonyl (C=O) groups excluding carboxylic acids is 2. The van der Waals surface area contributed by atoms with Gasteiger partial charge in [0.2, 0.25) is 0 Å². The molecular formula is C18H28FNO3Si. The molecule has 1 aromatic carbocycles. The molecule has 1 rings (SSSR count). The highest BCUT2D eigenvalue weighted by molar-refractivity contribution is 6.89. The van der Waals surface area contributed by atoms with E-state index in [9.17, 15) is 14.0 Å². The zero-order valence-corrected chi connectivity index (χ0v) is 16.7. The lowest BCUT2D eigenvalue weighted by Gasteiger charge is -2.27. The molecule has 6 heteroatoms. The molecule has 0 saturated heterocycles. The molecule has 0 unspecified atom stereocenters. The van der Waals surface area contributed by atoms with Crippen LogP contribution in [0, 0.1) is 5.82 Å². The van der Waals surface area contributed by atoms with E-state index < -0.39 is 19.9 Å². The van der Waals surface area contributed by atoms with Gasteiger partial charge in [-0.2, -0.15) is 0 Å². The molecule has 0 radical (unpaired) electrons. The summed E-state index contributed by atoms with van der Waals surface area (Å²) in [5, 5.41) is 0.387. The highest BCUT2D eigenvalue weighted by atomic mass is 28.3. The van der Waals surface area contributed by atoms with Gasteiger partial charge in [0, 0.05) is 13.1 Å². The molecule has 0 bridgehead atoms. The molecule has 0 aliphatic rings. The maximum Gasteiger partial charge on any atom is 0.339 e. The van der Waals surface area contributed by atoms with E-state index in [1.807, 2.05) is 33.5 Å². The standard InChI is InChI=1S/C18H28FNO3Si/c1-8-20(9-2)17(21)15-13(18(22)23-12(3)4)10-11-14(19)16(15)24(5,6)7/h10-12H,8-9H2,1-7H3. The largest absolute Gasteiger partial charge is 0.459 e. The first-order chi connectivity index (χ1) is 11.0. The molecule has 0 heterocycles. The molecule has 0 aliphatic carbocycles. The first kappa shape index (κ1) is 20.4. The summed E-state index contributed by atoms with van der Waals surface area (Å²) in [6.07, 6.45) is -0.311. The maximum atomic E-state index is 14.6. The highest BCUT2D eigenvalue weighted by Crippen LogP contribution is 2.19. The van der Waals surface area contributed by atoms with Gasteiger partial charge in [-0.3, -0.25) is 4.79 Å². The Morgan fingerprint density at radius 3 is 2.12 bits per heavy atom. The molecule has 4 nitrogen and oxygen atoms in total. The van der Waals surface area contributed by atoms with Gasteiger partial charge in [-0.25, -0.2) is 9.18 Å². The van der Waals surface area contributed by atoms with Gasteiger partial charge >= 0.3 is 5.97 Å². The van der Waals surface area contributed by atoms with Crippen molar-refractivity contribution in [1.29, 1.82) is 0 Å². The van der Waals surface area contributed by atoms with Crippen LogP contribution in [0.25, 0.3) is 0 Å². The normalized spacial score (nSPS) is 11.5. The van der Waals surface area contributed by atoms with Gasteiger partial charge in [-0.05, 0) is 45.0 Å². The molecule has 0 spiro atoms. The van der Waals surface area contributed by atoms with Crippen LogP contribution in [0.15, 0.2) is 12.1 Å². The maximum absolute atomic E-state index is 14.6. The number of rotatable bonds is 6. The van der Waals surface area contributed by atoms with Crippen molar-refractivity contribution in [3.63, 3.8) is 0 Å². The van der Waals surface area contributed by atoms with Crippen LogP contribution in [-0.2, 0) is 4.74 Å². The Kier molecular flexibility index (Phi) is 6.72. The Morgan fingerprint density at radius 1 is 1.17 bits per heavy atom. The molecule has 0 fully saturated rings. The number of halogens is 1. The summed E-state index contributed by atoms with van der Waals surface area (Å²) in [4.78, 5) is 27.1. The smallest absolute Gasteiger partial charge is 0.339 e. The lowest BCUT2D eigenvalue weighted by molar-refractivity contribution is 0.0373. The van der Waals surface area contributed by atoms with Gasteiger partial charge < -0.3 is 9.64 Å². The van der Waals surface area contributed by atoms with E-state index in [0.29, 0.717) is 18.3 Å². The lowest BCUT2D eigenvalue weighted by atomic mass is 10.1. The van der Waals surface area contributed by atoms with Crippen molar-refractivity contribution in [2.24, 2.45) is 0 Å². The Morgan fingerprint density at radius 2 is 1.71 bits per heavy atom. The topological polar surface area (TPSA) is 46.6 Å². The minimum absolute atomic E-state index is 0.152. The van der Waals surface area contributed by atoms with Gasteiger partial charge in [0.05, 0.1) is 25.3 Å². The van der Waals surface area contributed by atoms with Crippen LogP contribution in [0.2, 0.25) is 19.6 Å². The van der Waals surface area contributed by atoms with E-state index in [2.05, 4.69) is 0 Å². The quantitative estimate of drug-likeness (QED) is 0.581. The van der Waals surface area contributed by atoms with E-state index in [0.717, 1.165) is 0 Å². The van der Waals surface area contributed by atoms with Gasteiger partial charge in [-0.1, -0.05) is 19.6 Å². The van der Waals surface area contributed by atoms with Gasteiger partial charge in [0.25, 0.3) is 5.91 Å². The second-order valence-electron chi connectivity index (χ2n) is 7.03. The third-order valence-electron chi connectivity index (χ3n) is 3.73. The number of benzene rings is 1. The first-order valence-electron chi connectivity index (χ1n) is 8.37. The van der Waals surface area contributed by atoms with Crippen LogP contribution in [0.3, 0.4) is 0 Å². The van der Waals surface area contributed by atoms with Gasteiger partial charge in [0.1, 0.15) is 5.82 Å². The van der Waals surface area contributed by atoms with E-state index in [-0.39, 0.29) is 23.1 Å². The predicted octanol–water partition coefficient (Wildman–Crippen LogP) is 3.42. The van der Waals surface area contributed by atoms with Gasteiger partial charge in [0.15, 0.2) is 0 Å². The van der Waals surface area contributed by atoms with Crippen molar-refractivity contribution >= 4 is 25.1 Å². The van der Waals surface area contributed by atoms with Crippen molar-refractivity contribution in [2.75, 3.05) is 13.1 Å². The number of hydrogen-bond acceptors (Lipinski definition) is 3. The third kappa shape index (κ3) is 4.44. The fraction of sp³-hybridized carbons (Fsp3) is 0.556. The number of hydrogen-bond donors (Lipinski definition) is 0. The predicted molar refractivity (Wildman–Crippen MR) is 97.2 cm³/mol. The summed E-state index contributed by atoms with van der Waals surface area (Å²) in [5.41, 5.74) is 0.322. The SMILES string of the molecule is CCN(CC)C(=O)c1c(C(=O)OC(C)C)ccc(F)c1[Si](C)(C)C. The van der Waals surface area contributed by atoms with Crippen LogP contribution in [0.1, 0.15) is 48.4 Å². The molecule has 1 aromatic rings. The van der Waals surface area contributed by atoms with Gasteiger partial charge in [-0.15, -0.1) is 0 Å². The van der Waals surface area contributed by atoms with Crippen LogP contribution in [-0.4, -0.2) is 44.0 Å². The van der Waals surface area contributed by atoms with E-state index in [4.69, 9.17) is 4.74 Å². The molecule has 134 valence electrons. The van der Waals surface area contributed by atoms with Crippen molar-refractivity contribution < 1.29 is 18.7 Å². The number of nitrogens with zero attached hydrogens (tertiary/aromatic N) is 1. The van der Waals surface area contributed by atoms with Crippen LogP contribution < -0.4 is 5.19 Å². The average molecular weight is 354 g/mol. The molecular weight excluding hydrogens is 325 g/mol. The van der Waals surface area contributed by atoms with Crippen molar-refractivity contribution in [1.82, 2.24) is 4.90 Å². The average Bonchev–Trinajstić information content (AvgIpc) is 2.45. The third-order valence-corrected chi connectivity index (χ3v) is 5.72. The second-order valence-corrected chi connectivity index (χ2v) is 12.0. The zero-order chi connectivity index (χ0) is 18.7. The molecule has 0 N–H and O–H groups in total. The van der Waals surface area contributed by atoms with Crippen LogP contribution in [0.4, 0.5) is 4.39 Å². The highest BCUT2D eigenvalue weighted by Gasteiger charge is 2.33. The summed E-state index contributed by atoms with van der Waals surface area (Å²) < 4.78 is 19.9. The number of carbonyl (C=O) groups is 2. The number of ether oxygens (including phenoxy) is 1. The summed E-state index contributed by atoms with van der Waals surface area (Å²) in [6, 6.07) is 2.63. The number of amides is 1. The molecule has 0 aromatic heterocycles. The first-order valence-corrected chi connectivity index (χ1v) is 11.9. The molecule has 24 heavy (non-hydrogen) atoms. The Balaban J connectivity index is 3.67. The fourth-order valence-electron chi connectivity index (χ4n) is 2.65. The molecule has 0 aliphatic heterocycles. The second kappa shape index (κ2) is 7.92. The monoisotopic (exact) mass is 353 g/mol. The van der Waals surface area contributed by atoms with E-state index >= 15 is 0 Å².